The predicted molar refractivity (Wildman–Crippen MR) is 67.7 cm³/mol. The minimum Gasteiger partial charge on any atom is -0.389 e. The summed E-state index contributed by atoms with van der Waals surface area (Å²) in [4.78, 5) is 0. The molecule has 1 aromatic carbocycles. The van der Waals surface area contributed by atoms with Gasteiger partial charge in [0.2, 0.25) is 0 Å². The van der Waals surface area contributed by atoms with Gasteiger partial charge in [0.15, 0.2) is 0 Å². The summed E-state index contributed by atoms with van der Waals surface area (Å²) in [6, 6.07) is 6.45. The van der Waals surface area contributed by atoms with Crippen molar-refractivity contribution in [2.75, 3.05) is 0 Å². The topological polar surface area (TPSA) is 20.2 Å². The van der Waals surface area contributed by atoms with Gasteiger partial charge in [-0.05, 0) is 40.9 Å². The van der Waals surface area contributed by atoms with Gasteiger partial charge in [0.25, 0.3) is 0 Å². The third-order valence-corrected chi connectivity index (χ3v) is 3.87. The highest BCUT2D eigenvalue weighted by molar-refractivity contribution is 5.46. The molecule has 0 aromatic heterocycles. The van der Waals surface area contributed by atoms with E-state index in [-0.39, 0.29) is 16.9 Å². The van der Waals surface area contributed by atoms with Gasteiger partial charge in [0.1, 0.15) is 0 Å². The van der Waals surface area contributed by atoms with Crippen LogP contribution < -0.4 is 0 Å². The van der Waals surface area contributed by atoms with E-state index >= 15 is 0 Å². The number of aliphatic hydroxyl groups is 1. The minimum absolute atomic E-state index is 0.226. The number of benzene rings is 1. The molecule has 0 bridgehead atoms. The molecule has 0 amide bonds. The Morgan fingerprint density at radius 3 is 2.19 bits per heavy atom. The Labute approximate surface area is 98.5 Å². The highest BCUT2D eigenvalue weighted by Gasteiger charge is 2.41. The summed E-state index contributed by atoms with van der Waals surface area (Å²) in [5, 5.41) is 9.66. The third kappa shape index (κ3) is 1.67. The van der Waals surface area contributed by atoms with E-state index in [1.54, 1.807) is 0 Å². The van der Waals surface area contributed by atoms with E-state index in [1.807, 2.05) is 6.92 Å². The van der Waals surface area contributed by atoms with Crippen LogP contribution in [0.5, 0.6) is 0 Å². The van der Waals surface area contributed by atoms with Crippen LogP contribution in [0, 0.1) is 0 Å². The molecule has 0 spiro atoms. The molecule has 0 aliphatic heterocycles. The smallest absolute Gasteiger partial charge is 0.0762 e. The lowest BCUT2D eigenvalue weighted by Gasteiger charge is -2.22. The van der Waals surface area contributed by atoms with Crippen LogP contribution >= 0.6 is 0 Å². The lowest BCUT2D eigenvalue weighted by molar-refractivity contribution is 0.199. The van der Waals surface area contributed by atoms with Gasteiger partial charge in [0.05, 0.1) is 6.10 Å². The zero-order chi connectivity index (χ0) is 12.1. The molecule has 1 unspecified atom stereocenters. The lowest BCUT2D eigenvalue weighted by atomic mass is 9.82. The first kappa shape index (κ1) is 11.7. The fraction of sp³-hybridized carbons (Fsp3) is 0.600. The van der Waals surface area contributed by atoms with E-state index in [0.29, 0.717) is 0 Å². The molecule has 0 fully saturated rings. The number of fused-ring (bicyclic) bond motifs is 1. The summed E-state index contributed by atoms with van der Waals surface area (Å²) in [6.45, 7) is 11.0. The summed E-state index contributed by atoms with van der Waals surface area (Å²) in [5.41, 5.74) is 4.38. The van der Waals surface area contributed by atoms with Gasteiger partial charge in [-0.15, -0.1) is 0 Å². The molecule has 88 valence electrons. The summed E-state index contributed by atoms with van der Waals surface area (Å²) in [6.07, 6.45) is 0.809. The highest BCUT2D eigenvalue weighted by Crippen LogP contribution is 2.49. The second-order valence-electron chi connectivity index (χ2n) is 6.43. The second-order valence-corrected chi connectivity index (χ2v) is 6.43. The molecular weight excluding hydrogens is 196 g/mol. The maximum Gasteiger partial charge on any atom is 0.0762 e. The van der Waals surface area contributed by atoms with Crippen molar-refractivity contribution >= 4 is 0 Å². The SMILES string of the molecule is CC(O)c1ccc2c(c1)C(C)(C)CC2(C)C. The van der Waals surface area contributed by atoms with Crippen LogP contribution in [0.2, 0.25) is 0 Å². The maximum atomic E-state index is 9.66. The molecule has 2 rings (SSSR count). The standard InChI is InChI=1S/C15H22O/c1-10(16)11-6-7-12-13(8-11)15(4,5)9-14(12,2)3/h6-8,10,16H,9H2,1-5H3. The molecule has 1 aromatic rings. The Morgan fingerprint density at radius 1 is 1.06 bits per heavy atom. The molecule has 1 aliphatic carbocycles. The molecule has 1 nitrogen and oxygen atoms in total. The number of aliphatic hydroxyl groups excluding tert-OH is 1. The molecule has 16 heavy (non-hydrogen) atoms. The molecule has 0 saturated carbocycles. The van der Waals surface area contributed by atoms with Crippen LogP contribution in [-0.4, -0.2) is 5.11 Å². The third-order valence-electron chi connectivity index (χ3n) is 3.87. The zero-order valence-electron chi connectivity index (χ0n) is 11.0. The largest absolute Gasteiger partial charge is 0.389 e. The zero-order valence-corrected chi connectivity index (χ0v) is 11.0. The fourth-order valence-electron chi connectivity index (χ4n) is 3.27. The first-order valence-corrected chi connectivity index (χ1v) is 6.07. The first-order chi connectivity index (χ1) is 7.24. The van der Waals surface area contributed by atoms with E-state index < -0.39 is 0 Å². The van der Waals surface area contributed by atoms with Crippen molar-refractivity contribution < 1.29 is 5.11 Å². The van der Waals surface area contributed by atoms with Gasteiger partial charge >= 0.3 is 0 Å². The minimum atomic E-state index is -0.371. The monoisotopic (exact) mass is 218 g/mol. The molecule has 0 saturated heterocycles. The van der Waals surface area contributed by atoms with Crippen LogP contribution in [0.25, 0.3) is 0 Å². The number of rotatable bonds is 1. The van der Waals surface area contributed by atoms with Gasteiger partial charge in [-0.2, -0.15) is 0 Å². The van der Waals surface area contributed by atoms with Crippen LogP contribution in [-0.2, 0) is 10.8 Å². The Hall–Kier alpha value is -0.820. The van der Waals surface area contributed by atoms with Crippen molar-refractivity contribution in [1.29, 1.82) is 0 Å². The van der Waals surface area contributed by atoms with E-state index in [9.17, 15) is 5.11 Å². The Kier molecular flexibility index (Phi) is 2.43. The molecule has 1 aliphatic rings. The molecule has 0 radical (unpaired) electrons. The van der Waals surface area contributed by atoms with Gasteiger partial charge < -0.3 is 5.11 Å². The number of hydrogen-bond acceptors (Lipinski definition) is 1. The molecule has 0 heterocycles. The van der Waals surface area contributed by atoms with Crippen molar-refractivity contribution in [2.45, 2.75) is 58.0 Å². The quantitative estimate of drug-likeness (QED) is 0.762. The van der Waals surface area contributed by atoms with E-state index in [2.05, 4.69) is 45.9 Å². The van der Waals surface area contributed by atoms with Crippen molar-refractivity contribution in [1.82, 2.24) is 0 Å². The highest BCUT2D eigenvalue weighted by atomic mass is 16.3. The molecule has 1 N–H and O–H groups in total. The van der Waals surface area contributed by atoms with Crippen molar-refractivity contribution in [3.05, 3.63) is 34.9 Å². The normalized spacial score (nSPS) is 22.9. The van der Waals surface area contributed by atoms with Gasteiger partial charge in [-0.25, -0.2) is 0 Å². The second kappa shape index (κ2) is 3.33. The maximum absolute atomic E-state index is 9.66. The average Bonchev–Trinajstić information content (AvgIpc) is 2.32. The Morgan fingerprint density at radius 2 is 1.62 bits per heavy atom. The van der Waals surface area contributed by atoms with Gasteiger partial charge in [-0.1, -0.05) is 45.9 Å². The summed E-state index contributed by atoms with van der Waals surface area (Å²) >= 11 is 0. The van der Waals surface area contributed by atoms with E-state index in [4.69, 9.17) is 0 Å². The first-order valence-electron chi connectivity index (χ1n) is 6.07. The molecule has 1 heteroatoms. The van der Waals surface area contributed by atoms with Crippen molar-refractivity contribution in [3.8, 4) is 0 Å². The Bertz CT molecular complexity index is 413. The molecular formula is C15H22O. The average molecular weight is 218 g/mol. The van der Waals surface area contributed by atoms with Crippen LogP contribution in [0.15, 0.2) is 18.2 Å². The summed E-state index contributed by atoms with van der Waals surface area (Å²) in [5.74, 6) is 0. The van der Waals surface area contributed by atoms with Crippen LogP contribution in [0.3, 0.4) is 0 Å². The summed E-state index contributed by atoms with van der Waals surface area (Å²) in [7, 11) is 0. The van der Waals surface area contributed by atoms with E-state index in [0.717, 1.165) is 5.56 Å². The number of hydrogen-bond donors (Lipinski definition) is 1. The van der Waals surface area contributed by atoms with Crippen molar-refractivity contribution in [3.63, 3.8) is 0 Å². The van der Waals surface area contributed by atoms with Crippen LogP contribution in [0.4, 0.5) is 0 Å². The fourth-order valence-corrected chi connectivity index (χ4v) is 3.27. The van der Waals surface area contributed by atoms with Gasteiger partial charge in [0, 0.05) is 0 Å². The van der Waals surface area contributed by atoms with Crippen molar-refractivity contribution in [2.24, 2.45) is 0 Å². The lowest BCUT2D eigenvalue weighted by Crippen LogP contribution is -2.18. The van der Waals surface area contributed by atoms with Crippen LogP contribution in [0.1, 0.15) is 63.8 Å². The van der Waals surface area contributed by atoms with E-state index in [1.165, 1.54) is 17.5 Å². The van der Waals surface area contributed by atoms with Gasteiger partial charge in [-0.3, -0.25) is 0 Å². The Balaban J connectivity index is 2.59. The predicted octanol–water partition coefficient (Wildman–Crippen LogP) is 3.70. The summed E-state index contributed by atoms with van der Waals surface area (Å²) < 4.78 is 0. The molecule has 1 atom stereocenters.